The van der Waals surface area contributed by atoms with Gasteiger partial charge in [-0.25, -0.2) is 0 Å². The third-order valence-corrected chi connectivity index (χ3v) is 6.08. The number of unbranched alkanes of at least 4 members (excludes halogenated alkanes) is 1. The van der Waals surface area contributed by atoms with Gasteiger partial charge in [0.2, 0.25) is 0 Å². The van der Waals surface area contributed by atoms with Crippen molar-refractivity contribution in [1.82, 2.24) is 5.32 Å². The molecule has 0 radical (unpaired) electrons. The van der Waals surface area contributed by atoms with Gasteiger partial charge in [0.15, 0.2) is 0 Å². The molecule has 0 spiro atoms. The molecule has 0 aromatic heterocycles. The van der Waals surface area contributed by atoms with E-state index in [9.17, 15) is 0 Å². The van der Waals surface area contributed by atoms with Crippen molar-refractivity contribution >= 4 is 0 Å². The van der Waals surface area contributed by atoms with E-state index < -0.39 is 0 Å². The van der Waals surface area contributed by atoms with E-state index in [4.69, 9.17) is 0 Å². The normalized spacial score (nSPS) is 26.0. The second kappa shape index (κ2) is 8.59. The van der Waals surface area contributed by atoms with E-state index in [1.165, 1.54) is 69.9 Å². The molecule has 1 nitrogen and oxygen atoms in total. The zero-order chi connectivity index (χ0) is 17.7. The van der Waals surface area contributed by atoms with Crippen LogP contribution in [0.5, 0.6) is 0 Å². The van der Waals surface area contributed by atoms with Crippen LogP contribution in [0.2, 0.25) is 0 Å². The van der Waals surface area contributed by atoms with E-state index in [-0.39, 0.29) is 0 Å². The Kier molecular flexibility index (Phi) is 7.01. The van der Waals surface area contributed by atoms with Crippen molar-refractivity contribution in [3.63, 3.8) is 0 Å². The summed E-state index contributed by atoms with van der Waals surface area (Å²) in [5.74, 6) is 1.49. The highest BCUT2D eigenvalue weighted by Gasteiger charge is 2.29. The van der Waals surface area contributed by atoms with Crippen molar-refractivity contribution in [1.29, 1.82) is 0 Å². The van der Waals surface area contributed by atoms with Crippen LogP contribution in [-0.2, 0) is 0 Å². The molecule has 0 aromatic carbocycles. The van der Waals surface area contributed by atoms with Gasteiger partial charge >= 0.3 is 0 Å². The second-order valence-electron chi connectivity index (χ2n) is 9.66. The molecule has 2 aliphatic carbocycles. The Labute approximate surface area is 151 Å². The SMILES string of the molecule is C=C(NC1CCCC(CC(C)(C)C)C1)C(CCCC)C1=C(C)CC1. The van der Waals surface area contributed by atoms with E-state index in [0.29, 0.717) is 17.4 Å². The predicted molar refractivity (Wildman–Crippen MR) is 107 cm³/mol. The minimum atomic E-state index is 0.459. The maximum atomic E-state index is 4.49. The molecule has 0 bridgehead atoms. The molecule has 2 rings (SSSR count). The van der Waals surface area contributed by atoms with Gasteiger partial charge in [0.25, 0.3) is 0 Å². The van der Waals surface area contributed by atoms with Gasteiger partial charge in [0, 0.05) is 17.7 Å². The van der Waals surface area contributed by atoms with E-state index in [2.05, 4.69) is 46.5 Å². The van der Waals surface area contributed by atoms with Gasteiger partial charge in [-0.05, 0) is 56.8 Å². The first-order valence-corrected chi connectivity index (χ1v) is 10.4. The van der Waals surface area contributed by atoms with Crippen LogP contribution >= 0.6 is 0 Å². The molecule has 0 amide bonds. The van der Waals surface area contributed by atoms with E-state index in [1.807, 2.05) is 0 Å². The molecular weight excluding hydrogens is 290 g/mol. The van der Waals surface area contributed by atoms with Gasteiger partial charge in [-0.1, -0.05) is 71.1 Å². The van der Waals surface area contributed by atoms with Gasteiger partial charge < -0.3 is 5.32 Å². The lowest BCUT2D eigenvalue weighted by Gasteiger charge is -2.37. The van der Waals surface area contributed by atoms with Gasteiger partial charge in [0.1, 0.15) is 0 Å². The lowest BCUT2D eigenvalue weighted by Crippen LogP contribution is -2.37. The Morgan fingerprint density at radius 3 is 2.54 bits per heavy atom. The van der Waals surface area contributed by atoms with Gasteiger partial charge in [0.05, 0.1) is 0 Å². The minimum absolute atomic E-state index is 0.459. The summed E-state index contributed by atoms with van der Waals surface area (Å²) in [6, 6.07) is 0.656. The summed E-state index contributed by atoms with van der Waals surface area (Å²) in [5, 5.41) is 3.88. The molecule has 1 N–H and O–H groups in total. The van der Waals surface area contributed by atoms with Crippen LogP contribution in [0, 0.1) is 17.3 Å². The first-order valence-electron chi connectivity index (χ1n) is 10.4. The van der Waals surface area contributed by atoms with Crippen LogP contribution < -0.4 is 5.32 Å². The van der Waals surface area contributed by atoms with Crippen LogP contribution in [0.1, 0.15) is 98.8 Å². The van der Waals surface area contributed by atoms with Crippen LogP contribution in [-0.4, -0.2) is 6.04 Å². The van der Waals surface area contributed by atoms with Crippen LogP contribution in [0.3, 0.4) is 0 Å². The predicted octanol–water partition coefficient (Wildman–Crippen LogP) is 7.00. The quantitative estimate of drug-likeness (QED) is 0.472. The number of allylic oxidation sites excluding steroid dienone is 2. The number of hydrogen-bond acceptors (Lipinski definition) is 1. The molecule has 3 unspecified atom stereocenters. The molecule has 0 aromatic rings. The van der Waals surface area contributed by atoms with E-state index in [1.54, 1.807) is 11.1 Å². The van der Waals surface area contributed by atoms with Crippen LogP contribution in [0.15, 0.2) is 23.4 Å². The molecule has 138 valence electrons. The zero-order valence-corrected chi connectivity index (χ0v) is 17.0. The number of hydrogen-bond donors (Lipinski definition) is 1. The third kappa shape index (κ3) is 5.67. The maximum Gasteiger partial charge on any atom is 0.0260 e. The van der Waals surface area contributed by atoms with Crippen LogP contribution in [0.4, 0.5) is 0 Å². The lowest BCUT2D eigenvalue weighted by molar-refractivity contribution is 0.213. The molecule has 3 atom stereocenters. The maximum absolute atomic E-state index is 4.49. The largest absolute Gasteiger partial charge is 0.386 e. The number of nitrogens with one attached hydrogen (secondary N) is 1. The highest BCUT2D eigenvalue weighted by molar-refractivity contribution is 5.30. The van der Waals surface area contributed by atoms with Crippen LogP contribution in [0.25, 0.3) is 0 Å². The highest BCUT2D eigenvalue weighted by Crippen LogP contribution is 2.39. The summed E-state index contributed by atoms with van der Waals surface area (Å²) in [6.45, 7) is 16.3. The summed E-state index contributed by atoms with van der Waals surface area (Å²) < 4.78 is 0. The summed E-state index contributed by atoms with van der Waals surface area (Å²) in [5.41, 5.74) is 5.11. The molecular formula is C23H41N. The summed E-state index contributed by atoms with van der Waals surface area (Å²) in [4.78, 5) is 0. The molecule has 0 aliphatic heterocycles. The number of rotatable bonds is 8. The smallest absolute Gasteiger partial charge is 0.0260 e. The van der Waals surface area contributed by atoms with Crippen molar-refractivity contribution in [3.05, 3.63) is 23.4 Å². The van der Waals surface area contributed by atoms with E-state index >= 15 is 0 Å². The molecule has 2 aliphatic rings. The highest BCUT2D eigenvalue weighted by atomic mass is 14.9. The summed E-state index contributed by atoms with van der Waals surface area (Å²) in [7, 11) is 0. The minimum Gasteiger partial charge on any atom is -0.386 e. The monoisotopic (exact) mass is 331 g/mol. The Morgan fingerprint density at radius 1 is 1.25 bits per heavy atom. The van der Waals surface area contributed by atoms with Crippen molar-refractivity contribution < 1.29 is 0 Å². The Balaban J connectivity index is 1.92. The zero-order valence-electron chi connectivity index (χ0n) is 17.0. The van der Waals surface area contributed by atoms with E-state index in [0.717, 1.165) is 5.92 Å². The summed E-state index contributed by atoms with van der Waals surface area (Å²) >= 11 is 0. The molecule has 0 heterocycles. The van der Waals surface area contributed by atoms with Gasteiger partial charge in [-0.3, -0.25) is 0 Å². The fraction of sp³-hybridized carbons (Fsp3) is 0.826. The first kappa shape index (κ1) is 19.6. The second-order valence-corrected chi connectivity index (χ2v) is 9.66. The molecule has 0 saturated heterocycles. The van der Waals surface area contributed by atoms with Crippen molar-refractivity contribution in [2.24, 2.45) is 17.3 Å². The van der Waals surface area contributed by atoms with Crippen molar-refractivity contribution in [3.8, 4) is 0 Å². The molecule has 24 heavy (non-hydrogen) atoms. The first-order chi connectivity index (χ1) is 11.3. The van der Waals surface area contributed by atoms with Crippen molar-refractivity contribution in [2.45, 2.75) is 105 Å². The fourth-order valence-electron chi connectivity index (χ4n) is 4.79. The molecule has 1 heteroatoms. The van der Waals surface area contributed by atoms with Crippen molar-refractivity contribution in [2.75, 3.05) is 0 Å². The average molecular weight is 332 g/mol. The fourth-order valence-corrected chi connectivity index (χ4v) is 4.79. The lowest BCUT2D eigenvalue weighted by atomic mass is 9.75. The molecule has 1 saturated carbocycles. The third-order valence-electron chi connectivity index (χ3n) is 6.08. The topological polar surface area (TPSA) is 12.0 Å². The standard InChI is InChI=1S/C23H41N/c1-7-8-12-22(21-14-13-17(21)2)18(3)24-20-11-9-10-19(15-20)16-23(4,5)6/h19-20,22,24H,3,7-16H2,1-2,4-6H3. The van der Waals surface area contributed by atoms with Gasteiger partial charge in [-0.15, -0.1) is 0 Å². The average Bonchev–Trinajstić information content (AvgIpc) is 2.48. The van der Waals surface area contributed by atoms with Gasteiger partial charge in [-0.2, -0.15) is 0 Å². The Bertz CT molecular complexity index is 451. The molecule has 1 fully saturated rings. The Hall–Kier alpha value is -0.720. The summed E-state index contributed by atoms with van der Waals surface area (Å²) in [6.07, 6.45) is 13.3. The Morgan fingerprint density at radius 2 is 2.00 bits per heavy atom.